The smallest absolute Gasteiger partial charge is 0.266 e. The number of benzene rings is 3. The quantitative estimate of drug-likeness (QED) is 0.281. The van der Waals surface area contributed by atoms with Crippen molar-refractivity contribution < 1.29 is 14.3 Å². The van der Waals surface area contributed by atoms with Crippen LogP contribution >= 0.6 is 22.6 Å². The van der Waals surface area contributed by atoms with Gasteiger partial charge >= 0.3 is 0 Å². The minimum Gasteiger partial charge on any atom is -0.492 e. The van der Waals surface area contributed by atoms with Gasteiger partial charge in [-0.15, -0.1) is 0 Å². The third-order valence-electron chi connectivity index (χ3n) is 4.22. The van der Waals surface area contributed by atoms with Crippen LogP contribution in [0.5, 0.6) is 11.5 Å². The zero-order valence-corrected chi connectivity index (χ0v) is 18.2. The van der Waals surface area contributed by atoms with Gasteiger partial charge in [-0.2, -0.15) is 5.26 Å². The van der Waals surface area contributed by atoms with Gasteiger partial charge in [0, 0.05) is 5.69 Å². The Bertz CT molecular complexity index is 1130. The largest absolute Gasteiger partial charge is 0.492 e. The van der Waals surface area contributed by atoms with E-state index in [2.05, 4.69) is 27.9 Å². The lowest BCUT2D eigenvalue weighted by molar-refractivity contribution is -0.112. The van der Waals surface area contributed by atoms with Gasteiger partial charge in [-0.1, -0.05) is 30.3 Å². The highest BCUT2D eigenvalue weighted by atomic mass is 127. The summed E-state index contributed by atoms with van der Waals surface area (Å²) in [6, 6.07) is 19.1. The van der Waals surface area contributed by atoms with Crippen LogP contribution in [0.3, 0.4) is 0 Å². The van der Waals surface area contributed by atoms with Gasteiger partial charge in [-0.05, 0) is 76.2 Å². The fourth-order valence-corrected chi connectivity index (χ4v) is 3.76. The van der Waals surface area contributed by atoms with Crippen molar-refractivity contribution in [1.29, 1.82) is 5.26 Å². The van der Waals surface area contributed by atoms with Gasteiger partial charge < -0.3 is 14.8 Å². The maximum absolute atomic E-state index is 12.6. The molecule has 0 bridgehead atoms. The number of amides is 1. The van der Waals surface area contributed by atoms with Gasteiger partial charge in [0.05, 0.1) is 17.3 Å². The Hall–Kier alpha value is -3.05. The third kappa shape index (κ3) is 4.87. The molecule has 0 aliphatic heterocycles. The van der Waals surface area contributed by atoms with E-state index in [0.29, 0.717) is 29.4 Å². The van der Waals surface area contributed by atoms with Crippen LogP contribution < -0.4 is 14.8 Å². The Balaban J connectivity index is 1.88. The number of nitrogens with one attached hydrogen (secondary N) is 1. The number of hydrogen-bond acceptors (Lipinski definition) is 4. The molecule has 0 fully saturated rings. The highest BCUT2D eigenvalue weighted by Gasteiger charge is 2.14. The second-order valence-corrected chi connectivity index (χ2v) is 7.32. The molecule has 0 atom stereocenters. The predicted molar refractivity (Wildman–Crippen MR) is 123 cm³/mol. The van der Waals surface area contributed by atoms with Crippen molar-refractivity contribution >= 4 is 51.0 Å². The summed E-state index contributed by atoms with van der Waals surface area (Å²) in [7, 11) is 1.58. The van der Waals surface area contributed by atoms with E-state index in [1.54, 1.807) is 19.3 Å². The minimum absolute atomic E-state index is 0.00146. The normalized spacial score (nSPS) is 11.0. The van der Waals surface area contributed by atoms with Gasteiger partial charge in [-0.3, -0.25) is 4.79 Å². The number of nitrogens with zero attached hydrogens (tertiary/aromatic N) is 1. The highest BCUT2D eigenvalue weighted by molar-refractivity contribution is 14.1. The Labute approximate surface area is 183 Å². The van der Waals surface area contributed by atoms with E-state index in [1.807, 2.05) is 61.5 Å². The number of ether oxygens (including phenoxy) is 2. The number of fused-ring (bicyclic) bond motifs is 1. The van der Waals surface area contributed by atoms with Crippen molar-refractivity contribution in [2.24, 2.45) is 0 Å². The molecular formula is C23H19IN2O3. The molecule has 3 aromatic rings. The molecule has 5 nitrogen and oxygen atoms in total. The van der Waals surface area contributed by atoms with Crippen LogP contribution in [-0.2, 0) is 4.79 Å². The molecule has 3 rings (SSSR count). The van der Waals surface area contributed by atoms with E-state index in [1.165, 1.54) is 0 Å². The summed E-state index contributed by atoms with van der Waals surface area (Å²) in [6.45, 7) is 2.36. The molecule has 1 amide bonds. The van der Waals surface area contributed by atoms with Gasteiger partial charge in [0.25, 0.3) is 5.91 Å². The van der Waals surface area contributed by atoms with Crippen LogP contribution in [0.15, 0.2) is 60.2 Å². The highest BCUT2D eigenvalue weighted by Crippen LogP contribution is 2.34. The van der Waals surface area contributed by atoms with E-state index in [-0.39, 0.29) is 5.57 Å². The molecule has 29 heavy (non-hydrogen) atoms. The first-order valence-electron chi connectivity index (χ1n) is 8.98. The molecule has 146 valence electrons. The van der Waals surface area contributed by atoms with Crippen LogP contribution in [0.2, 0.25) is 0 Å². The van der Waals surface area contributed by atoms with Crippen molar-refractivity contribution in [3.05, 3.63) is 69.3 Å². The Morgan fingerprint density at radius 2 is 1.93 bits per heavy atom. The summed E-state index contributed by atoms with van der Waals surface area (Å²) in [4.78, 5) is 12.6. The summed E-state index contributed by atoms with van der Waals surface area (Å²) < 4.78 is 11.8. The van der Waals surface area contributed by atoms with E-state index in [0.717, 1.165) is 14.3 Å². The Morgan fingerprint density at radius 3 is 2.62 bits per heavy atom. The lowest BCUT2D eigenvalue weighted by Crippen LogP contribution is -2.13. The first kappa shape index (κ1) is 20.7. The molecule has 0 aromatic heterocycles. The number of anilines is 1. The van der Waals surface area contributed by atoms with Crippen molar-refractivity contribution in [2.75, 3.05) is 19.0 Å². The number of carbonyl (C=O) groups is 1. The van der Waals surface area contributed by atoms with E-state index < -0.39 is 5.91 Å². The molecule has 0 aliphatic rings. The topological polar surface area (TPSA) is 71.3 Å². The average Bonchev–Trinajstić information content (AvgIpc) is 2.72. The van der Waals surface area contributed by atoms with Crippen molar-refractivity contribution in [2.45, 2.75) is 6.92 Å². The summed E-state index contributed by atoms with van der Waals surface area (Å²) in [6.07, 6.45) is 1.54. The first-order chi connectivity index (χ1) is 14.0. The van der Waals surface area contributed by atoms with Crippen LogP contribution in [-0.4, -0.2) is 19.6 Å². The molecule has 0 spiro atoms. The maximum atomic E-state index is 12.6. The van der Waals surface area contributed by atoms with Gasteiger partial charge in [0.15, 0.2) is 11.5 Å². The number of rotatable bonds is 6. The predicted octanol–water partition coefficient (Wildman–Crippen LogP) is 5.40. The number of halogens is 1. The van der Waals surface area contributed by atoms with E-state index >= 15 is 0 Å². The molecule has 0 unspecified atom stereocenters. The van der Waals surface area contributed by atoms with Gasteiger partial charge in [-0.25, -0.2) is 0 Å². The third-order valence-corrected chi connectivity index (χ3v) is 5.02. The maximum Gasteiger partial charge on any atom is 0.266 e. The minimum atomic E-state index is -0.466. The monoisotopic (exact) mass is 498 g/mol. The molecule has 3 aromatic carbocycles. The summed E-state index contributed by atoms with van der Waals surface area (Å²) in [5.41, 5.74) is 1.32. The molecule has 0 saturated heterocycles. The zero-order chi connectivity index (χ0) is 20.8. The Kier molecular flexibility index (Phi) is 6.73. The fraction of sp³-hybridized carbons (Fsp3) is 0.130. The molecule has 0 radical (unpaired) electrons. The summed E-state index contributed by atoms with van der Waals surface area (Å²) >= 11 is 2.14. The van der Waals surface area contributed by atoms with Crippen molar-refractivity contribution in [3.63, 3.8) is 0 Å². The second kappa shape index (κ2) is 9.43. The van der Waals surface area contributed by atoms with Crippen LogP contribution in [0.4, 0.5) is 5.69 Å². The molecular weight excluding hydrogens is 479 g/mol. The number of methoxy groups -OCH3 is 1. The van der Waals surface area contributed by atoms with Gasteiger partial charge in [0.2, 0.25) is 0 Å². The lowest BCUT2D eigenvalue weighted by atomic mass is 10.1. The van der Waals surface area contributed by atoms with E-state index in [4.69, 9.17) is 9.47 Å². The molecule has 0 saturated carbocycles. The van der Waals surface area contributed by atoms with Crippen LogP contribution in [0, 0.1) is 14.9 Å². The SMILES string of the molecule is CCOc1cc(/C=C(\C#N)C(=O)Nc2ccc3ccccc3c2)cc(I)c1OC. The van der Waals surface area contributed by atoms with Crippen molar-refractivity contribution in [3.8, 4) is 17.6 Å². The average molecular weight is 498 g/mol. The first-order valence-corrected chi connectivity index (χ1v) is 10.1. The fourth-order valence-electron chi connectivity index (χ4n) is 2.91. The van der Waals surface area contributed by atoms with Gasteiger partial charge in [0.1, 0.15) is 11.6 Å². The number of carbonyl (C=O) groups excluding carboxylic acids is 1. The van der Waals surface area contributed by atoms with E-state index in [9.17, 15) is 10.1 Å². The Morgan fingerprint density at radius 1 is 1.17 bits per heavy atom. The van der Waals surface area contributed by atoms with Crippen molar-refractivity contribution in [1.82, 2.24) is 0 Å². The number of nitriles is 1. The molecule has 0 aliphatic carbocycles. The molecule has 1 N–H and O–H groups in total. The van der Waals surface area contributed by atoms with Crippen LogP contribution in [0.25, 0.3) is 16.8 Å². The number of hydrogen-bond donors (Lipinski definition) is 1. The zero-order valence-electron chi connectivity index (χ0n) is 16.0. The molecule has 0 heterocycles. The molecule has 6 heteroatoms. The standard InChI is InChI=1S/C23H19IN2O3/c1-3-29-21-12-15(11-20(24)22(21)28-2)10-18(14-25)23(27)26-19-9-8-16-6-4-5-7-17(16)13-19/h4-13H,3H2,1-2H3,(H,26,27)/b18-10+. The summed E-state index contributed by atoms with van der Waals surface area (Å²) in [5.74, 6) is 0.732. The lowest BCUT2D eigenvalue weighted by Gasteiger charge is -2.12. The summed E-state index contributed by atoms with van der Waals surface area (Å²) in [5, 5.41) is 14.4. The second-order valence-electron chi connectivity index (χ2n) is 6.15. The van der Waals surface area contributed by atoms with Crippen LogP contribution in [0.1, 0.15) is 12.5 Å².